The lowest BCUT2D eigenvalue weighted by atomic mass is 9.92. The molecule has 1 aliphatic carbocycles. The highest BCUT2D eigenvalue weighted by Gasteiger charge is 2.27. The molecule has 3 rings (SSSR count). The zero-order chi connectivity index (χ0) is 11.8. The highest BCUT2D eigenvalue weighted by Crippen LogP contribution is 2.32. The lowest BCUT2D eigenvalue weighted by Gasteiger charge is -2.32. The maximum absolute atomic E-state index is 5.99. The first-order valence-corrected chi connectivity index (χ1v) is 6.91. The molecule has 0 saturated heterocycles. The van der Waals surface area contributed by atoms with Crippen LogP contribution in [0.5, 0.6) is 0 Å². The fraction of sp³-hybridized carbons (Fsp3) is 0.308. The Kier molecular flexibility index (Phi) is 2.97. The summed E-state index contributed by atoms with van der Waals surface area (Å²) in [7, 11) is 0. The number of hydrogen-bond donors (Lipinski definition) is 1. The Morgan fingerprint density at radius 1 is 1.24 bits per heavy atom. The van der Waals surface area contributed by atoms with Crippen LogP contribution in [0.2, 0.25) is 0 Å². The van der Waals surface area contributed by atoms with E-state index in [-0.39, 0.29) is 0 Å². The minimum atomic E-state index is 0.328. The molecular formula is C13H12BrClN2. The van der Waals surface area contributed by atoms with Crippen LogP contribution in [0, 0.1) is 0 Å². The smallest absolute Gasteiger partial charge is 0.134 e. The molecular weight excluding hydrogens is 300 g/mol. The number of halogens is 2. The van der Waals surface area contributed by atoms with Gasteiger partial charge in [0, 0.05) is 32.9 Å². The molecule has 0 spiro atoms. The van der Waals surface area contributed by atoms with Crippen molar-refractivity contribution < 1.29 is 0 Å². The molecule has 88 valence electrons. The predicted octanol–water partition coefficient (Wildman–Crippen LogP) is 4.18. The van der Waals surface area contributed by atoms with Crippen molar-refractivity contribution in [2.24, 2.45) is 0 Å². The van der Waals surface area contributed by atoms with E-state index in [2.05, 4.69) is 32.3 Å². The van der Waals surface area contributed by atoms with E-state index < -0.39 is 0 Å². The second-order valence-electron chi connectivity index (χ2n) is 4.40. The average Bonchev–Trinajstić information content (AvgIpc) is 2.28. The molecule has 1 N–H and O–H groups in total. The van der Waals surface area contributed by atoms with Crippen LogP contribution in [0.3, 0.4) is 0 Å². The van der Waals surface area contributed by atoms with Crippen LogP contribution < -0.4 is 5.32 Å². The van der Waals surface area contributed by atoms with Crippen molar-refractivity contribution >= 4 is 44.1 Å². The van der Waals surface area contributed by atoms with E-state index in [1.165, 1.54) is 5.39 Å². The van der Waals surface area contributed by atoms with Gasteiger partial charge in [0.2, 0.25) is 0 Å². The zero-order valence-corrected chi connectivity index (χ0v) is 11.5. The summed E-state index contributed by atoms with van der Waals surface area (Å²) >= 11 is 9.55. The van der Waals surface area contributed by atoms with E-state index in [0.29, 0.717) is 11.4 Å². The van der Waals surface area contributed by atoms with E-state index in [0.717, 1.165) is 28.5 Å². The summed E-state index contributed by atoms with van der Waals surface area (Å²) < 4.78 is 1.10. The van der Waals surface area contributed by atoms with Gasteiger partial charge in [0.1, 0.15) is 5.82 Å². The lowest BCUT2D eigenvalue weighted by molar-refractivity contribution is 0.454. The maximum Gasteiger partial charge on any atom is 0.134 e. The first kappa shape index (κ1) is 11.3. The summed E-state index contributed by atoms with van der Waals surface area (Å²) in [6, 6.07) is 8.66. The summed E-state index contributed by atoms with van der Waals surface area (Å²) in [6.45, 7) is 0. The van der Waals surface area contributed by atoms with E-state index in [1.54, 1.807) is 0 Å². The molecule has 1 saturated carbocycles. The summed E-state index contributed by atoms with van der Waals surface area (Å²) in [4.78, 5) is 4.42. The first-order chi connectivity index (χ1) is 8.24. The molecule has 1 aromatic heterocycles. The van der Waals surface area contributed by atoms with Crippen molar-refractivity contribution in [2.45, 2.75) is 24.3 Å². The van der Waals surface area contributed by atoms with Crippen LogP contribution in [-0.4, -0.2) is 16.4 Å². The SMILES string of the molecule is ClC1CC(Nc2nccc3c(Br)cccc23)C1. The fourth-order valence-electron chi connectivity index (χ4n) is 2.14. The molecule has 1 aromatic carbocycles. The molecule has 0 aliphatic heterocycles. The molecule has 1 fully saturated rings. The number of pyridine rings is 1. The average molecular weight is 312 g/mol. The summed E-state index contributed by atoms with van der Waals surface area (Å²) in [6.07, 6.45) is 3.88. The van der Waals surface area contributed by atoms with Gasteiger partial charge in [-0.05, 0) is 25.0 Å². The van der Waals surface area contributed by atoms with Crippen molar-refractivity contribution in [3.8, 4) is 0 Å². The normalized spacial score (nSPS) is 23.4. The highest BCUT2D eigenvalue weighted by atomic mass is 79.9. The molecule has 2 aromatic rings. The van der Waals surface area contributed by atoms with E-state index in [1.807, 2.05) is 24.4 Å². The Morgan fingerprint density at radius 3 is 2.82 bits per heavy atom. The Morgan fingerprint density at radius 2 is 2.06 bits per heavy atom. The van der Waals surface area contributed by atoms with Gasteiger partial charge in [-0.25, -0.2) is 4.98 Å². The van der Waals surface area contributed by atoms with Gasteiger partial charge >= 0.3 is 0 Å². The zero-order valence-electron chi connectivity index (χ0n) is 9.16. The molecule has 0 unspecified atom stereocenters. The summed E-state index contributed by atoms with van der Waals surface area (Å²) in [5.74, 6) is 0.956. The van der Waals surface area contributed by atoms with Crippen LogP contribution in [0.15, 0.2) is 34.9 Å². The van der Waals surface area contributed by atoms with Gasteiger partial charge in [-0.1, -0.05) is 28.1 Å². The number of nitrogens with zero attached hydrogens (tertiary/aromatic N) is 1. The predicted molar refractivity (Wildman–Crippen MR) is 75.7 cm³/mol. The van der Waals surface area contributed by atoms with Crippen LogP contribution in [0.25, 0.3) is 10.8 Å². The molecule has 0 amide bonds. The van der Waals surface area contributed by atoms with Gasteiger partial charge in [-0.15, -0.1) is 11.6 Å². The highest BCUT2D eigenvalue weighted by molar-refractivity contribution is 9.10. The van der Waals surface area contributed by atoms with Crippen LogP contribution >= 0.6 is 27.5 Å². The summed E-state index contributed by atoms with van der Waals surface area (Å²) in [5, 5.41) is 6.13. The van der Waals surface area contributed by atoms with Crippen molar-refractivity contribution in [3.63, 3.8) is 0 Å². The second-order valence-corrected chi connectivity index (χ2v) is 5.88. The first-order valence-electron chi connectivity index (χ1n) is 5.68. The van der Waals surface area contributed by atoms with E-state index in [9.17, 15) is 0 Å². The largest absolute Gasteiger partial charge is 0.367 e. The molecule has 0 atom stereocenters. The van der Waals surface area contributed by atoms with E-state index in [4.69, 9.17) is 11.6 Å². The number of alkyl halides is 1. The lowest BCUT2D eigenvalue weighted by Crippen LogP contribution is -2.36. The topological polar surface area (TPSA) is 24.9 Å². The van der Waals surface area contributed by atoms with Crippen LogP contribution in [0.4, 0.5) is 5.82 Å². The monoisotopic (exact) mass is 310 g/mol. The van der Waals surface area contributed by atoms with Gasteiger partial charge in [0.25, 0.3) is 0 Å². The van der Waals surface area contributed by atoms with Crippen molar-refractivity contribution in [3.05, 3.63) is 34.9 Å². The molecule has 0 radical (unpaired) electrons. The third-order valence-corrected chi connectivity index (χ3v) is 4.22. The Labute approximate surface area is 114 Å². The molecule has 17 heavy (non-hydrogen) atoms. The molecule has 2 nitrogen and oxygen atoms in total. The number of benzene rings is 1. The number of rotatable bonds is 2. The molecule has 1 heterocycles. The van der Waals surface area contributed by atoms with Gasteiger partial charge in [0.05, 0.1) is 0 Å². The molecule has 1 aliphatic rings. The number of aromatic nitrogens is 1. The minimum Gasteiger partial charge on any atom is -0.367 e. The molecule has 4 heteroatoms. The maximum atomic E-state index is 5.99. The number of fused-ring (bicyclic) bond motifs is 1. The van der Waals surface area contributed by atoms with Gasteiger partial charge in [0.15, 0.2) is 0 Å². The van der Waals surface area contributed by atoms with Gasteiger partial charge < -0.3 is 5.32 Å². The fourth-order valence-corrected chi connectivity index (χ4v) is 3.07. The Hall–Kier alpha value is -0.800. The van der Waals surface area contributed by atoms with Crippen molar-refractivity contribution in [1.82, 2.24) is 4.98 Å². The Balaban J connectivity index is 1.96. The van der Waals surface area contributed by atoms with Gasteiger partial charge in [-0.2, -0.15) is 0 Å². The quantitative estimate of drug-likeness (QED) is 0.842. The van der Waals surface area contributed by atoms with Gasteiger partial charge in [-0.3, -0.25) is 0 Å². The third kappa shape index (κ3) is 2.14. The number of anilines is 1. The third-order valence-electron chi connectivity index (χ3n) is 3.17. The standard InChI is InChI=1S/C13H12BrClN2/c14-12-3-1-2-11-10(12)4-5-16-13(11)17-9-6-8(15)7-9/h1-5,8-9H,6-7H2,(H,16,17). The Bertz CT molecular complexity index is 552. The number of nitrogens with one attached hydrogen (secondary N) is 1. The minimum absolute atomic E-state index is 0.328. The molecule has 0 bridgehead atoms. The van der Waals surface area contributed by atoms with Crippen LogP contribution in [-0.2, 0) is 0 Å². The summed E-state index contributed by atoms with van der Waals surface area (Å²) in [5.41, 5.74) is 0. The second kappa shape index (κ2) is 4.46. The van der Waals surface area contributed by atoms with Crippen LogP contribution in [0.1, 0.15) is 12.8 Å². The van der Waals surface area contributed by atoms with E-state index >= 15 is 0 Å². The van der Waals surface area contributed by atoms with Crippen molar-refractivity contribution in [2.75, 3.05) is 5.32 Å². The van der Waals surface area contributed by atoms with Crippen molar-refractivity contribution in [1.29, 1.82) is 0 Å². The number of hydrogen-bond acceptors (Lipinski definition) is 2.